The Morgan fingerprint density at radius 1 is 1.31 bits per heavy atom. The average Bonchev–Trinajstić information content (AvgIpc) is 2.44. The van der Waals surface area contributed by atoms with E-state index in [9.17, 15) is 13.6 Å². The fraction of sp³-hybridized carbons (Fsp3) is 0.273. The smallest absolute Gasteiger partial charge is 0.258 e. The van der Waals surface area contributed by atoms with E-state index in [0.29, 0.717) is 0 Å². The highest BCUT2D eigenvalue weighted by Crippen LogP contribution is 2.29. The Hall–Kier alpha value is -1.78. The fourth-order valence-electron chi connectivity index (χ4n) is 1.41. The van der Waals surface area contributed by atoms with Crippen molar-refractivity contribution >= 4 is 17.8 Å². The maximum absolute atomic E-state index is 13.4. The zero-order chi connectivity index (χ0) is 11.9. The van der Waals surface area contributed by atoms with Gasteiger partial charge in [-0.2, -0.15) is 10.1 Å². The van der Waals surface area contributed by atoms with Gasteiger partial charge < -0.3 is 0 Å². The fourth-order valence-corrected chi connectivity index (χ4v) is 1.41. The van der Waals surface area contributed by atoms with Crippen LogP contribution in [0.1, 0.15) is 13.8 Å². The Morgan fingerprint density at radius 2 is 2.00 bits per heavy atom. The molecular weight excluding hydrogens is 214 g/mol. The number of halogens is 2. The van der Waals surface area contributed by atoms with Crippen molar-refractivity contribution in [3.8, 4) is 0 Å². The monoisotopic (exact) mass is 224 g/mol. The summed E-state index contributed by atoms with van der Waals surface area (Å²) in [6.45, 7) is 3.36. The number of anilines is 1. The first-order valence-electron chi connectivity index (χ1n) is 4.76. The van der Waals surface area contributed by atoms with E-state index in [1.54, 1.807) is 13.8 Å². The van der Waals surface area contributed by atoms with Crippen LogP contribution in [-0.4, -0.2) is 12.1 Å². The lowest BCUT2D eigenvalue weighted by atomic mass is 9.95. The van der Waals surface area contributed by atoms with E-state index in [-0.39, 0.29) is 11.6 Å². The van der Waals surface area contributed by atoms with E-state index in [2.05, 4.69) is 5.10 Å². The Balaban J connectivity index is 2.41. The van der Waals surface area contributed by atoms with Crippen LogP contribution >= 0.6 is 0 Å². The van der Waals surface area contributed by atoms with E-state index in [1.165, 1.54) is 12.3 Å². The van der Waals surface area contributed by atoms with Gasteiger partial charge in [-0.15, -0.1) is 0 Å². The minimum Gasteiger partial charge on any atom is -0.271 e. The SMILES string of the molecule is CC1(C)C=NN(c2ccc(F)cc2F)C1=O. The number of hydrogen-bond acceptors (Lipinski definition) is 2. The third kappa shape index (κ3) is 1.58. The highest BCUT2D eigenvalue weighted by Gasteiger charge is 2.37. The van der Waals surface area contributed by atoms with Gasteiger partial charge in [0.25, 0.3) is 5.91 Å². The Labute approximate surface area is 91.4 Å². The average molecular weight is 224 g/mol. The van der Waals surface area contributed by atoms with Crippen LogP contribution in [0.4, 0.5) is 14.5 Å². The predicted octanol–water partition coefficient (Wildman–Crippen LogP) is 2.32. The van der Waals surface area contributed by atoms with Crippen molar-refractivity contribution in [1.82, 2.24) is 0 Å². The van der Waals surface area contributed by atoms with E-state index < -0.39 is 17.0 Å². The van der Waals surface area contributed by atoms with Gasteiger partial charge in [0.2, 0.25) is 0 Å². The third-order valence-electron chi connectivity index (χ3n) is 2.38. The molecule has 0 atom stereocenters. The molecule has 16 heavy (non-hydrogen) atoms. The maximum Gasteiger partial charge on any atom is 0.258 e. The number of carbonyl (C=O) groups excluding carboxylic acids is 1. The second-order valence-electron chi connectivity index (χ2n) is 4.18. The quantitative estimate of drug-likeness (QED) is 0.720. The predicted molar refractivity (Wildman–Crippen MR) is 56.1 cm³/mol. The number of hydrogen-bond donors (Lipinski definition) is 0. The number of benzene rings is 1. The van der Waals surface area contributed by atoms with Gasteiger partial charge in [-0.25, -0.2) is 8.78 Å². The molecule has 0 saturated carbocycles. The molecule has 0 bridgehead atoms. The Morgan fingerprint density at radius 3 is 2.50 bits per heavy atom. The van der Waals surface area contributed by atoms with Gasteiger partial charge in [0.1, 0.15) is 11.5 Å². The van der Waals surface area contributed by atoms with Crippen LogP contribution in [0.15, 0.2) is 23.3 Å². The van der Waals surface area contributed by atoms with Crippen LogP contribution in [0.25, 0.3) is 0 Å². The van der Waals surface area contributed by atoms with Gasteiger partial charge in [0.15, 0.2) is 5.82 Å². The lowest BCUT2D eigenvalue weighted by Gasteiger charge is -2.17. The summed E-state index contributed by atoms with van der Waals surface area (Å²) in [4.78, 5) is 11.8. The first-order chi connectivity index (χ1) is 7.42. The highest BCUT2D eigenvalue weighted by atomic mass is 19.1. The molecule has 1 heterocycles. The normalized spacial score (nSPS) is 18.2. The van der Waals surface area contributed by atoms with Crippen LogP contribution in [0.3, 0.4) is 0 Å². The van der Waals surface area contributed by atoms with Crippen molar-refractivity contribution in [3.05, 3.63) is 29.8 Å². The first-order valence-corrected chi connectivity index (χ1v) is 4.76. The molecule has 0 aromatic heterocycles. The van der Waals surface area contributed by atoms with Crippen LogP contribution in [0.5, 0.6) is 0 Å². The Bertz CT molecular complexity index is 483. The van der Waals surface area contributed by atoms with E-state index >= 15 is 0 Å². The van der Waals surface area contributed by atoms with E-state index in [1.807, 2.05) is 0 Å². The van der Waals surface area contributed by atoms with Crippen molar-refractivity contribution in [3.63, 3.8) is 0 Å². The number of amides is 1. The van der Waals surface area contributed by atoms with E-state index in [4.69, 9.17) is 0 Å². The van der Waals surface area contributed by atoms with E-state index in [0.717, 1.165) is 17.1 Å². The molecule has 0 unspecified atom stereocenters. The maximum atomic E-state index is 13.4. The summed E-state index contributed by atoms with van der Waals surface area (Å²) in [5.41, 5.74) is -0.783. The van der Waals surface area contributed by atoms with Crippen LogP contribution < -0.4 is 5.01 Å². The number of carbonyl (C=O) groups is 1. The molecule has 1 amide bonds. The molecule has 84 valence electrons. The molecular formula is C11H10F2N2O. The molecule has 0 fully saturated rings. The first kappa shape index (κ1) is 10.7. The number of hydrazone groups is 1. The van der Waals surface area contributed by atoms with Crippen molar-refractivity contribution in [2.45, 2.75) is 13.8 Å². The molecule has 1 aliphatic rings. The summed E-state index contributed by atoms with van der Waals surface area (Å²) in [5.74, 6) is -1.82. The number of nitrogens with zero attached hydrogens (tertiary/aromatic N) is 2. The van der Waals surface area contributed by atoms with Gasteiger partial charge in [-0.1, -0.05) is 0 Å². The Kier molecular flexibility index (Phi) is 2.26. The molecule has 0 saturated heterocycles. The molecule has 1 aromatic carbocycles. The minimum atomic E-state index is -0.803. The largest absolute Gasteiger partial charge is 0.271 e. The standard InChI is InChI=1S/C11H10F2N2O/c1-11(2)6-14-15(10(11)16)9-4-3-7(12)5-8(9)13/h3-6H,1-2H3. The molecule has 0 spiro atoms. The third-order valence-corrected chi connectivity index (χ3v) is 2.38. The van der Waals surface area contributed by atoms with Gasteiger partial charge in [-0.3, -0.25) is 4.79 Å². The van der Waals surface area contributed by atoms with Crippen molar-refractivity contribution in [1.29, 1.82) is 0 Å². The molecule has 5 heteroatoms. The van der Waals surface area contributed by atoms with Crippen LogP contribution in [-0.2, 0) is 4.79 Å². The summed E-state index contributed by atoms with van der Waals surface area (Å²) in [5, 5.41) is 4.78. The zero-order valence-corrected chi connectivity index (χ0v) is 8.87. The van der Waals surface area contributed by atoms with Gasteiger partial charge >= 0.3 is 0 Å². The second-order valence-corrected chi connectivity index (χ2v) is 4.18. The van der Waals surface area contributed by atoms with Gasteiger partial charge in [0, 0.05) is 12.3 Å². The molecule has 0 N–H and O–H groups in total. The van der Waals surface area contributed by atoms with Gasteiger partial charge in [-0.05, 0) is 26.0 Å². The lowest BCUT2D eigenvalue weighted by molar-refractivity contribution is -0.122. The zero-order valence-electron chi connectivity index (χ0n) is 8.87. The summed E-state index contributed by atoms with van der Waals surface area (Å²) in [6, 6.07) is 3.01. The number of rotatable bonds is 1. The highest BCUT2D eigenvalue weighted by molar-refractivity contribution is 6.11. The van der Waals surface area contributed by atoms with Gasteiger partial charge in [0.05, 0.1) is 5.41 Å². The minimum absolute atomic E-state index is 0.0341. The van der Waals surface area contributed by atoms with Crippen molar-refractivity contribution in [2.24, 2.45) is 10.5 Å². The summed E-state index contributed by atoms with van der Waals surface area (Å²) in [7, 11) is 0. The lowest BCUT2D eigenvalue weighted by Crippen LogP contribution is -2.32. The molecule has 3 nitrogen and oxygen atoms in total. The summed E-state index contributed by atoms with van der Waals surface area (Å²) in [6.07, 6.45) is 1.44. The summed E-state index contributed by atoms with van der Waals surface area (Å²) >= 11 is 0. The van der Waals surface area contributed by atoms with Crippen molar-refractivity contribution < 1.29 is 13.6 Å². The summed E-state index contributed by atoms with van der Waals surface area (Å²) < 4.78 is 26.1. The molecule has 0 radical (unpaired) electrons. The molecule has 2 rings (SSSR count). The topological polar surface area (TPSA) is 32.7 Å². The van der Waals surface area contributed by atoms with Crippen molar-refractivity contribution in [2.75, 3.05) is 5.01 Å². The van der Waals surface area contributed by atoms with Crippen LogP contribution in [0, 0.1) is 17.0 Å². The van der Waals surface area contributed by atoms with Crippen LogP contribution in [0.2, 0.25) is 0 Å². The molecule has 1 aliphatic heterocycles. The molecule has 0 aliphatic carbocycles. The molecule has 1 aromatic rings. The second kappa shape index (κ2) is 3.37.